The number of fused-ring (bicyclic) bond motifs is 2. The van der Waals surface area contributed by atoms with Crippen LogP contribution < -0.4 is 14.5 Å². The van der Waals surface area contributed by atoms with Crippen molar-refractivity contribution in [2.45, 2.75) is 51.4 Å². The fraction of sp³-hybridized carbons (Fsp3) is 0.387. The molecule has 1 saturated carbocycles. The molecule has 2 aliphatic heterocycles. The van der Waals surface area contributed by atoms with Gasteiger partial charge in [-0.15, -0.1) is 0 Å². The molecule has 2 aromatic heterocycles. The van der Waals surface area contributed by atoms with Gasteiger partial charge in [0.05, 0.1) is 0 Å². The molecular formula is C31H38BF4N5. The summed E-state index contributed by atoms with van der Waals surface area (Å²) in [4.78, 5) is 13.8. The fourth-order valence-corrected chi connectivity index (χ4v) is 6.26. The van der Waals surface area contributed by atoms with E-state index in [1.165, 1.54) is 39.4 Å². The zero-order valence-electron chi connectivity index (χ0n) is 25.0. The Morgan fingerprint density at radius 2 is 1.12 bits per heavy atom. The van der Waals surface area contributed by atoms with Crippen molar-refractivity contribution in [3.63, 3.8) is 0 Å². The van der Waals surface area contributed by atoms with E-state index in [1.807, 2.05) is 24.5 Å². The van der Waals surface area contributed by atoms with E-state index in [9.17, 15) is 12.9 Å². The van der Waals surface area contributed by atoms with Crippen molar-refractivity contribution in [1.82, 2.24) is 9.97 Å². The largest absolute Gasteiger partial charge is 1.00 e. The maximum atomic E-state index is 9.67. The number of anilines is 2. The summed E-state index contributed by atoms with van der Waals surface area (Å²) in [7, 11) is 4.89. The first-order valence-corrected chi connectivity index (χ1v) is 13.5. The molecule has 0 amide bonds. The van der Waals surface area contributed by atoms with Crippen LogP contribution in [-0.4, -0.2) is 56.0 Å². The van der Waals surface area contributed by atoms with E-state index in [1.54, 1.807) is 0 Å². The van der Waals surface area contributed by atoms with Gasteiger partial charge in [-0.1, -0.05) is 52.0 Å². The minimum atomic E-state index is -3.67. The molecule has 0 aromatic carbocycles. The van der Waals surface area contributed by atoms with Crippen LogP contribution >= 0.6 is 0 Å². The van der Waals surface area contributed by atoms with E-state index in [2.05, 4.69) is 117 Å². The first-order valence-electron chi connectivity index (χ1n) is 13.5. The van der Waals surface area contributed by atoms with Gasteiger partial charge in [0, 0.05) is 71.0 Å². The second kappa shape index (κ2) is 12.0. The third-order valence-corrected chi connectivity index (χ3v) is 8.16. The quantitative estimate of drug-likeness (QED) is 0.316. The van der Waals surface area contributed by atoms with E-state index < -0.39 is 7.54 Å². The number of likely N-dealkylation sites (N-methyl/N-ethyl adjacent to an activating group) is 2. The Balaban J connectivity index is 0.000000869. The van der Waals surface area contributed by atoms with Crippen LogP contribution in [0.25, 0.3) is 0 Å². The lowest BCUT2D eigenvalue weighted by atomic mass is 9.84. The zero-order valence-corrected chi connectivity index (χ0v) is 25.0. The molecule has 10 heteroatoms. The summed E-state index contributed by atoms with van der Waals surface area (Å²) in [5.74, 6) is 2.11. The van der Waals surface area contributed by atoms with Crippen molar-refractivity contribution >= 4 is 24.9 Å². The van der Waals surface area contributed by atoms with Crippen LogP contribution in [0.3, 0.4) is 0 Å². The lowest BCUT2D eigenvalue weighted by molar-refractivity contribution is -0.463. The molecule has 4 heterocycles. The second-order valence-corrected chi connectivity index (χ2v) is 11.6. The molecule has 5 nitrogen and oxygen atoms in total. The number of halogens is 4. The summed E-state index contributed by atoms with van der Waals surface area (Å²) in [5.41, 5.74) is 9.07. The van der Waals surface area contributed by atoms with E-state index in [0.29, 0.717) is 0 Å². The van der Waals surface area contributed by atoms with Crippen molar-refractivity contribution in [3.8, 4) is 0 Å². The van der Waals surface area contributed by atoms with Gasteiger partial charge in [-0.25, -0.2) is 14.5 Å². The topological polar surface area (TPSA) is 35.3 Å². The van der Waals surface area contributed by atoms with Crippen molar-refractivity contribution < 1.29 is 22.2 Å². The molecule has 0 bridgehead atoms. The highest BCUT2D eigenvalue weighted by Gasteiger charge is 2.40. The minimum absolute atomic E-state index is 0. The molecule has 5 rings (SSSR count). The van der Waals surface area contributed by atoms with Gasteiger partial charge >= 0.3 is 7.54 Å². The molecule has 0 unspecified atom stereocenters. The summed E-state index contributed by atoms with van der Waals surface area (Å²) in [5, 5.41) is 0. The van der Waals surface area contributed by atoms with E-state index in [0.717, 1.165) is 24.5 Å². The number of aromatic nitrogens is 2. The molecule has 1 aliphatic carbocycles. The van der Waals surface area contributed by atoms with Gasteiger partial charge in [-0.3, -0.25) is 12.9 Å². The van der Waals surface area contributed by atoms with Gasteiger partial charge in [-0.2, -0.15) is 0 Å². The number of allylic oxidation sites excluding steroid dienone is 8. The van der Waals surface area contributed by atoms with Crippen LogP contribution in [0.4, 0.5) is 24.6 Å². The van der Waals surface area contributed by atoms with Crippen LogP contribution in [0.5, 0.6) is 0 Å². The predicted molar refractivity (Wildman–Crippen MR) is 159 cm³/mol. The highest BCUT2D eigenvalue weighted by molar-refractivity contribution is 6.33. The Bertz CT molecular complexity index is 1350. The Kier molecular flexibility index (Phi) is 9.35. The first kappa shape index (κ1) is 31.8. The van der Waals surface area contributed by atoms with Gasteiger partial charge in [0.15, 0.2) is 0 Å². The van der Waals surface area contributed by atoms with Crippen LogP contribution in [0.15, 0.2) is 83.5 Å². The number of hydrogen-bond acceptors (Lipinski definition) is 4. The Labute approximate surface area is 241 Å². The van der Waals surface area contributed by atoms with Gasteiger partial charge in [0.25, 0.3) is 0 Å². The Morgan fingerprint density at radius 1 is 0.756 bits per heavy atom. The summed E-state index contributed by atoms with van der Waals surface area (Å²) in [6.07, 6.45) is 15.1. The summed E-state index contributed by atoms with van der Waals surface area (Å²) >= 11 is 0. The lowest BCUT2D eigenvalue weighted by Gasteiger charge is -2.23. The zero-order chi connectivity index (χ0) is 29.4. The second-order valence-electron chi connectivity index (χ2n) is 11.6. The molecule has 0 atom stereocenters. The number of nitrogens with zero attached hydrogens (tertiary/aromatic N) is 5. The third kappa shape index (κ3) is 5.87. The SMILES string of the molecule is CN1C(=CC=C2CCC(=C/C=C3/N(C)c4ncccc4C3(C)C)C2=[N+](C)C)C(C)(C)c2cccnc21.FB(F)F.[F-]. The number of hydrogen-bond donors (Lipinski definition) is 0. The maximum absolute atomic E-state index is 9.67. The molecule has 3 aliphatic rings. The highest BCUT2D eigenvalue weighted by Crippen LogP contribution is 2.47. The highest BCUT2D eigenvalue weighted by atomic mass is 19.4. The number of rotatable bonds is 2. The fourth-order valence-electron chi connectivity index (χ4n) is 6.26. The molecular weight excluding hydrogens is 529 g/mol. The normalized spacial score (nSPS) is 22.1. The van der Waals surface area contributed by atoms with Crippen LogP contribution in [-0.2, 0) is 10.8 Å². The van der Waals surface area contributed by atoms with Crippen molar-refractivity contribution in [2.75, 3.05) is 38.0 Å². The van der Waals surface area contributed by atoms with Crippen molar-refractivity contribution in [1.29, 1.82) is 0 Å². The van der Waals surface area contributed by atoms with Gasteiger partial charge in [0.2, 0.25) is 5.71 Å². The Hall–Kier alpha value is -3.69. The lowest BCUT2D eigenvalue weighted by Crippen LogP contribution is -3.00. The average Bonchev–Trinajstić information content (AvgIpc) is 3.44. The standard InChI is InChI=1S/C31H38N5.BF3.FH/c1-30(2)23-11-9-19-32-28(23)35(7)25(30)17-15-21-13-14-22(27(21)34(5)6)16-18-26-31(3,4)24-12-10-20-33-29(24)36(26)8;2-1(3)4;/h9-12,15-20H,13-14H2,1-8H3;;1H/q+1;;/p-1. The maximum Gasteiger partial charge on any atom is 0.762 e. The summed E-state index contributed by atoms with van der Waals surface area (Å²) < 4.78 is 31.3. The van der Waals surface area contributed by atoms with E-state index >= 15 is 0 Å². The van der Waals surface area contributed by atoms with Crippen LogP contribution in [0.2, 0.25) is 0 Å². The number of pyridine rings is 2. The van der Waals surface area contributed by atoms with E-state index in [4.69, 9.17) is 0 Å². The third-order valence-electron chi connectivity index (χ3n) is 8.16. The van der Waals surface area contributed by atoms with Gasteiger partial charge in [0.1, 0.15) is 25.7 Å². The van der Waals surface area contributed by atoms with Crippen molar-refractivity contribution in [2.24, 2.45) is 0 Å². The first-order chi connectivity index (χ1) is 18.8. The average molecular weight is 567 g/mol. The molecule has 0 radical (unpaired) electrons. The van der Waals surface area contributed by atoms with Crippen LogP contribution in [0.1, 0.15) is 51.7 Å². The Morgan fingerprint density at radius 3 is 1.44 bits per heavy atom. The minimum Gasteiger partial charge on any atom is -1.00 e. The smallest absolute Gasteiger partial charge is 0.762 e. The molecule has 0 saturated heterocycles. The van der Waals surface area contributed by atoms with Gasteiger partial charge in [-0.05, 0) is 37.1 Å². The molecule has 41 heavy (non-hydrogen) atoms. The predicted octanol–water partition coefficient (Wildman–Crippen LogP) is 3.64. The summed E-state index contributed by atoms with van der Waals surface area (Å²) in [6, 6.07) is 8.47. The van der Waals surface area contributed by atoms with Gasteiger partial charge < -0.3 is 14.5 Å². The molecule has 2 aromatic rings. The molecule has 1 fully saturated rings. The van der Waals surface area contributed by atoms with Crippen LogP contribution in [0, 0.1) is 0 Å². The summed E-state index contributed by atoms with van der Waals surface area (Å²) in [6.45, 7) is 9.15. The van der Waals surface area contributed by atoms with E-state index in [-0.39, 0.29) is 15.5 Å². The molecule has 0 spiro atoms. The van der Waals surface area contributed by atoms with Crippen molar-refractivity contribution in [3.05, 3.63) is 94.6 Å². The molecule has 0 N–H and O–H groups in total. The monoisotopic (exact) mass is 567 g/mol. The molecule has 218 valence electrons.